The molecule has 0 aromatic carbocycles. The lowest BCUT2D eigenvalue weighted by Gasteiger charge is -2.31. The molecule has 19 heavy (non-hydrogen) atoms. The largest absolute Gasteiger partial charge is 0.379 e. The van der Waals surface area contributed by atoms with Crippen LogP contribution in [0.15, 0.2) is 0 Å². The third-order valence-electron chi connectivity index (χ3n) is 3.90. The number of hydrogen-bond donors (Lipinski definition) is 1. The Balaban J connectivity index is 1.81. The molecule has 0 bridgehead atoms. The summed E-state index contributed by atoms with van der Waals surface area (Å²) in [5.41, 5.74) is 0. The highest BCUT2D eigenvalue weighted by atomic mass is 32.2. The van der Waals surface area contributed by atoms with Crippen molar-refractivity contribution in [1.29, 1.82) is 0 Å². The lowest BCUT2D eigenvalue weighted by Crippen LogP contribution is -2.48. The fourth-order valence-electron chi connectivity index (χ4n) is 2.60. The summed E-state index contributed by atoms with van der Waals surface area (Å²) >= 11 is 0. The van der Waals surface area contributed by atoms with Gasteiger partial charge in [-0.05, 0) is 25.8 Å². The number of hydrogen-bond acceptors (Lipinski definition) is 4. The third kappa shape index (κ3) is 4.13. The van der Waals surface area contributed by atoms with E-state index in [1.54, 1.807) is 7.05 Å². The highest BCUT2D eigenvalue weighted by Crippen LogP contribution is 2.13. The second-order valence-electron chi connectivity index (χ2n) is 5.28. The first-order valence-electron chi connectivity index (χ1n) is 7.13. The zero-order valence-electron chi connectivity index (χ0n) is 11.7. The molecule has 0 spiro atoms. The topological polar surface area (TPSA) is 61.9 Å². The normalized spacial score (nSPS) is 26.7. The Hall–Kier alpha value is -0.210. The molecule has 7 heteroatoms. The minimum Gasteiger partial charge on any atom is -0.379 e. The Morgan fingerprint density at radius 3 is 2.68 bits per heavy atom. The molecular formula is C12H25N3O3S. The van der Waals surface area contributed by atoms with Gasteiger partial charge in [-0.3, -0.25) is 0 Å². The molecule has 2 saturated heterocycles. The number of piperidine rings is 1. The van der Waals surface area contributed by atoms with Crippen LogP contribution in [0.5, 0.6) is 0 Å². The van der Waals surface area contributed by atoms with Gasteiger partial charge in [0.1, 0.15) is 0 Å². The van der Waals surface area contributed by atoms with Gasteiger partial charge in [-0.2, -0.15) is 17.0 Å². The van der Waals surface area contributed by atoms with Crippen LogP contribution >= 0.6 is 0 Å². The molecule has 1 atom stereocenters. The molecule has 0 amide bonds. The van der Waals surface area contributed by atoms with Crippen LogP contribution in [0.4, 0.5) is 0 Å². The molecule has 112 valence electrons. The van der Waals surface area contributed by atoms with Crippen molar-refractivity contribution in [3.63, 3.8) is 0 Å². The van der Waals surface area contributed by atoms with E-state index in [4.69, 9.17) is 4.74 Å². The molecule has 1 N–H and O–H groups in total. The number of rotatable bonds is 5. The van der Waals surface area contributed by atoms with Gasteiger partial charge in [0, 0.05) is 32.7 Å². The standard InChI is InChI=1S/C12H25N3O3S/c1-14(7-5-12-4-2-3-6-13-12)19(16,17)15-8-10-18-11-9-15/h12-13H,2-11H2,1H3. The van der Waals surface area contributed by atoms with Crippen LogP contribution in [0.25, 0.3) is 0 Å². The average molecular weight is 291 g/mol. The lowest BCUT2D eigenvalue weighted by atomic mass is 10.0. The Kier molecular flexibility index (Phi) is 5.58. The highest BCUT2D eigenvalue weighted by Gasteiger charge is 2.28. The Morgan fingerprint density at radius 1 is 1.32 bits per heavy atom. The van der Waals surface area contributed by atoms with Crippen LogP contribution in [0.3, 0.4) is 0 Å². The van der Waals surface area contributed by atoms with E-state index in [9.17, 15) is 8.42 Å². The molecular weight excluding hydrogens is 266 g/mol. The number of morpholine rings is 1. The Labute approximate surface area is 116 Å². The van der Waals surface area contributed by atoms with E-state index in [0.717, 1.165) is 19.4 Å². The van der Waals surface area contributed by atoms with E-state index in [2.05, 4.69) is 5.32 Å². The van der Waals surface area contributed by atoms with Crippen LogP contribution in [0.2, 0.25) is 0 Å². The monoisotopic (exact) mass is 291 g/mol. The maximum atomic E-state index is 12.3. The molecule has 0 aliphatic carbocycles. The molecule has 0 aromatic heterocycles. The van der Waals surface area contributed by atoms with Crippen molar-refractivity contribution in [3.05, 3.63) is 0 Å². The molecule has 0 aromatic rings. The van der Waals surface area contributed by atoms with Crippen molar-refractivity contribution in [2.45, 2.75) is 31.7 Å². The molecule has 0 radical (unpaired) electrons. The Morgan fingerprint density at radius 2 is 2.05 bits per heavy atom. The molecule has 2 aliphatic rings. The average Bonchev–Trinajstić information content (AvgIpc) is 2.46. The van der Waals surface area contributed by atoms with Gasteiger partial charge in [0.2, 0.25) is 0 Å². The van der Waals surface area contributed by atoms with E-state index < -0.39 is 10.2 Å². The SMILES string of the molecule is CN(CCC1CCCCN1)S(=O)(=O)N1CCOCC1. The molecule has 6 nitrogen and oxygen atoms in total. The predicted octanol–water partition coefficient (Wildman–Crippen LogP) is 0.0274. The highest BCUT2D eigenvalue weighted by molar-refractivity contribution is 7.86. The smallest absolute Gasteiger partial charge is 0.281 e. The fraction of sp³-hybridized carbons (Fsp3) is 1.00. The summed E-state index contributed by atoms with van der Waals surface area (Å²) in [6, 6.07) is 0.469. The van der Waals surface area contributed by atoms with E-state index in [-0.39, 0.29) is 0 Å². The molecule has 2 aliphatic heterocycles. The van der Waals surface area contributed by atoms with E-state index >= 15 is 0 Å². The summed E-state index contributed by atoms with van der Waals surface area (Å²) < 4.78 is 32.9. The maximum absolute atomic E-state index is 12.3. The summed E-state index contributed by atoms with van der Waals surface area (Å²) in [6.45, 7) is 3.57. The van der Waals surface area contributed by atoms with Crippen molar-refractivity contribution in [2.24, 2.45) is 0 Å². The van der Waals surface area contributed by atoms with Crippen LogP contribution in [0.1, 0.15) is 25.7 Å². The van der Waals surface area contributed by atoms with Gasteiger partial charge in [0.15, 0.2) is 0 Å². The summed E-state index contributed by atoms with van der Waals surface area (Å²) in [7, 11) is -1.63. The maximum Gasteiger partial charge on any atom is 0.281 e. The van der Waals surface area contributed by atoms with Crippen LogP contribution < -0.4 is 5.32 Å². The Bertz CT molecular complexity index is 362. The van der Waals surface area contributed by atoms with Crippen LogP contribution in [-0.2, 0) is 14.9 Å². The van der Waals surface area contributed by atoms with Gasteiger partial charge in [-0.25, -0.2) is 0 Å². The first-order valence-corrected chi connectivity index (χ1v) is 8.53. The quantitative estimate of drug-likeness (QED) is 0.776. The molecule has 2 fully saturated rings. The minimum atomic E-state index is -3.30. The lowest BCUT2D eigenvalue weighted by molar-refractivity contribution is 0.0705. The second kappa shape index (κ2) is 6.99. The van der Waals surface area contributed by atoms with Crippen molar-refractivity contribution in [1.82, 2.24) is 13.9 Å². The summed E-state index contributed by atoms with van der Waals surface area (Å²) in [4.78, 5) is 0. The van der Waals surface area contributed by atoms with Gasteiger partial charge < -0.3 is 10.1 Å². The summed E-state index contributed by atoms with van der Waals surface area (Å²) in [6.07, 6.45) is 4.53. The summed E-state index contributed by atoms with van der Waals surface area (Å²) in [5, 5.41) is 3.45. The fourth-order valence-corrected chi connectivity index (χ4v) is 3.94. The zero-order chi connectivity index (χ0) is 13.7. The van der Waals surface area contributed by atoms with Gasteiger partial charge in [0.25, 0.3) is 10.2 Å². The van der Waals surface area contributed by atoms with Crippen molar-refractivity contribution in [2.75, 3.05) is 46.4 Å². The van der Waals surface area contributed by atoms with Gasteiger partial charge in [-0.1, -0.05) is 6.42 Å². The van der Waals surface area contributed by atoms with Crippen LogP contribution in [-0.4, -0.2) is 69.5 Å². The predicted molar refractivity (Wildman–Crippen MR) is 74.2 cm³/mol. The van der Waals surface area contributed by atoms with E-state index in [1.165, 1.54) is 21.5 Å². The van der Waals surface area contributed by atoms with Gasteiger partial charge >= 0.3 is 0 Å². The molecule has 2 rings (SSSR count). The molecule has 2 heterocycles. The first kappa shape index (κ1) is 15.2. The van der Waals surface area contributed by atoms with E-state index in [1.807, 2.05) is 0 Å². The van der Waals surface area contributed by atoms with Crippen molar-refractivity contribution < 1.29 is 13.2 Å². The van der Waals surface area contributed by atoms with E-state index in [0.29, 0.717) is 38.9 Å². The van der Waals surface area contributed by atoms with Crippen molar-refractivity contribution in [3.8, 4) is 0 Å². The molecule has 0 saturated carbocycles. The third-order valence-corrected chi connectivity index (χ3v) is 5.88. The summed E-state index contributed by atoms with van der Waals surface area (Å²) in [5.74, 6) is 0. The number of ether oxygens (including phenoxy) is 1. The molecule has 1 unspecified atom stereocenters. The van der Waals surface area contributed by atoms with Crippen LogP contribution in [0, 0.1) is 0 Å². The first-order chi connectivity index (χ1) is 9.10. The van der Waals surface area contributed by atoms with Gasteiger partial charge in [-0.15, -0.1) is 0 Å². The zero-order valence-corrected chi connectivity index (χ0v) is 12.5. The number of nitrogens with one attached hydrogen (secondary N) is 1. The van der Waals surface area contributed by atoms with Crippen molar-refractivity contribution >= 4 is 10.2 Å². The minimum absolute atomic E-state index is 0.467. The van der Waals surface area contributed by atoms with Gasteiger partial charge in [0.05, 0.1) is 13.2 Å². The number of nitrogens with zero attached hydrogens (tertiary/aromatic N) is 2. The second-order valence-corrected chi connectivity index (χ2v) is 7.31.